The van der Waals surface area contributed by atoms with Crippen molar-refractivity contribution in [1.82, 2.24) is 9.97 Å². The number of methoxy groups -OCH3 is 1. The van der Waals surface area contributed by atoms with Crippen LogP contribution in [0.3, 0.4) is 0 Å². The number of aromatic nitrogens is 2. The SMILES string of the molecule is COc1cccc(-c2nc(Cl)ncc2C)c1. The third kappa shape index (κ3) is 2.14. The lowest BCUT2D eigenvalue weighted by Crippen LogP contribution is -1.92. The van der Waals surface area contributed by atoms with E-state index in [0.29, 0.717) is 0 Å². The molecule has 0 saturated heterocycles. The van der Waals surface area contributed by atoms with Gasteiger partial charge in [0.05, 0.1) is 12.8 Å². The Morgan fingerprint density at radius 1 is 1.31 bits per heavy atom. The Bertz CT molecular complexity index is 514. The fourth-order valence-electron chi connectivity index (χ4n) is 1.48. The Morgan fingerprint density at radius 2 is 2.12 bits per heavy atom. The van der Waals surface area contributed by atoms with Gasteiger partial charge >= 0.3 is 0 Å². The van der Waals surface area contributed by atoms with Gasteiger partial charge < -0.3 is 4.74 Å². The smallest absolute Gasteiger partial charge is 0.222 e. The van der Waals surface area contributed by atoms with E-state index in [1.165, 1.54) is 0 Å². The maximum absolute atomic E-state index is 5.79. The van der Waals surface area contributed by atoms with Crippen LogP contribution >= 0.6 is 11.6 Å². The fraction of sp³-hybridized carbons (Fsp3) is 0.167. The molecule has 0 aliphatic rings. The van der Waals surface area contributed by atoms with Crippen LogP contribution in [-0.2, 0) is 0 Å². The van der Waals surface area contributed by atoms with Gasteiger partial charge in [-0.25, -0.2) is 9.97 Å². The lowest BCUT2D eigenvalue weighted by atomic mass is 10.1. The van der Waals surface area contributed by atoms with Crippen LogP contribution in [0.15, 0.2) is 30.5 Å². The summed E-state index contributed by atoms with van der Waals surface area (Å²) in [6.07, 6.45) is 1.71. The molecule has 2 aromatic rings. The first kappa shape index (κ1) is 10.9. The molecule has 0 unspecified atom stereocenters. The molecule has 0 N–H and O–H groups in total. The summed E-state index contributed by atoms with van der Waals surface area (Å²) in [5, 5.41) is 0.253. The first-order chi connectivity index (χ1) is 7.70. The van der Waals surface area contributed by atoms with Crippen LogP contribution in [0.25, 0.3) is 11.3 Å². The third-order valence-corrected chi connectivity index (χ3v) is 2.47. The van der Waals surface area contributed by atoms with E-state index < -0.39 is 0 Å². The van der Waals surface area contributed by atoms with E-state index in [1.54, 1.807) is 13.3 Å². The van der Waals surface area contributed by atoms with E-state index in [1.807, 2.05) is 31.2 Å². The average Bonchev–Trinajstić information content (AvgIpc) is 2.32. The van der Waals surface area contributed by atoms with E-state index >= 15 is 0 Å². The Hall–Kier alpha value is -1.61. The molecule has 16 heavy (non-hydrogen) atoms. The molecular formula is C12H11ClN2O. The molecule has 0 bridgehead atoms. The summed E-state index contributed by atoms with van der Waals surface area (Å²) < 4.78 is 5.17. The van der Waals surface area contributed by atoms with Gasteiger partial charge in [-0.15, -0.1) is 0 Å². The highest BCUT2D eigenvalue weighted by Gasteiger charge is 2.06. The zero-order valence-electron chi connectivity index (χ0n) is 9.07. The van der Waals surface area contributed by atoms with Gasteiger partial charge in [0.2, 0.25) is 5.28 Å². The maximum atomic E-state index is 5.79. The van der Waals surface area contributed by atoms with Crippen molar-refractivity contribution in [2.45, 2.75) is 6.92 Å². The molecule has 0 radical (unpaired) electrons. The van der Waals surface area contributed by atoms with Gasteiger partial charge in [-0.2, -0.15) is 0 Å². The van der Waals surface area contributed by atoms with Gasteiger partial charge in [0.1, 0.15) is 5.75 Å². The normalized spacial score (nSPS) is 10.2. The molecule has 4 heteroatoms. The zero-order valence-corrected chi connectivity index (χ0v) is 9.82. The molecule has 0 spiro atoms. The lowest BCUT2D eigenvalue weighted by molar-refractivity contribution is 0.415. The lowest BCUT2D eigenvalue weighted by Gasteiger charge is -2.06. The van der Waals surface area contributed by atoms with E-state index in [-0.39, 0.29) is 5.28 Å². The number of hydrogen-bond donors (Lipinski definition) is 0. The largest absolute Gasteiger partial charge is 0.497 e. The molecule has 1 aromatic heterocycles. The predicted molar refractivity (Wildman–Crippen MR) is 63.8 cm³/mol. The van der Waals surface area contributed by atoms with E-state index in [0.717, 1.165) is 22.6 Å². The second-order valence-electron chi connectivity index (χ2n) is 3.40. The van der Waals surface area contributed by atoms with Crippen molar-refractivity contribution < 1.29 is 4.74 Å². The molecule has 0 amide bonds. The first-order valence-corrected chi connectivity index (χ1v) is 5.22. The molecule has 0 atom stereocenters. The van der Waals surface area contributed by atoms with Crippen molar-refractivity contribution in [2.75, 3.05) is 7.11 Å². The van der Waals surface area contributed by atoms with Crippen molar-refractivity contribution in [1.29, 1.82) is 0 Å². The molecule has 82 valence electrons. The molecule has 0 saturated carbocycles. The van der Waals surface area contributed by atoms with Crippen molar-refractivity contribution in [3.63, 3.8) is 0 Å². The van der Waals surface area contributed by atoms with Crippen LogP contribution < -0.4 is 4.74 Å². The third-order valence-electron chi connectivity index (χ3n) is 2.29. The second-order valence-corrected chi connectivity index (χ2v) is 3.74. The Morgan fingerprint density at radius 3 is 2.88 bits per heavy atom. The molecule has 2 rings (SSSR count). The van der Waals surface area contributed by atoms with Gasteiger partial charge in [0, 0.05) is 11.8 Å². The molecule has 0 fully saturated rings. The monoisotopic (exact) mass is 234 g/mol. The molecule has 1 heterocycles. The van der Waals surface area contributed by atoms with Gasteiger partial charge in [-0.1, -0.05) is 12.1 Å². The molecule has 0 aliphatic heterocycles. The van der Waals surface area contributed by atoms with Gasteiger partial charge in [-0.05, 0) is 36.2 Å². The minimum atomic E-state index is 0.253. The van der Waals surface area contributed by atoms with Crippen LogP contribution in [-0.4, -0.2) is 17.1 Å². The van der Waals surface area contributed by atoms with Crippen molar-refractivity contribution in [3.05, 3.63) is 41.3 Å². The number of nitrogens with zero attached hydrogens (tertiary/aromatic N) is 2. The number of benzene rings is 1. The Kier molecular flexibility index (Phi) is 3.06. The summed E-state index contributed by atoms with van der Waals surface area (Å²) in [5.41, 5.74) is 2.79. The van der Waals surface area contributed by atoms with Gasteiger partial charge in [-0.3, -0.25) is 0 Å². The highest BCUT2D eigenvalue weighted by atomic mass is 35.5. The average molecular weight is 235 g/mol. The summed E-state index contributed by atoms with van der Waals surface area (Å²) in [4.78, 5) is 8.15. The Labute approximate surface area is 99.1 Å². The number of hydrogen-bond acceptors (Lipinski definition) is 3. The summed E-state index contributed by atoms with van der Waals surface area (Å²) in [6, 6.07) is 7.70. The first-order valence-electron chi connectivity index (χ1n) is 4.84. The van der Waals surface area contributed by atoms with E-state index in [4.69, 9.17) is 16.3 Å². The standard InChI is InChI=1S/C12H11ClN2O/c1-8-7-14-12(13)15-11(8)9-4-3-5-10(6-9)16-2/h3-7H,1-2H3. The van der Waals surface area contributed by atoms with Crippen LogP contribution in [0.1, 0.15) is 5.56 Å². The Balaban J connectivity index is 2.53. The zero-order chi connectivity index (χ0) is 11.5. The minimum absolute atomic E-state index is 0.253. The molecule has 1 aromatic carbocycles. The van der Waals surface area contributed by atoms with Gasteiger partial charge in [0.15, 0.2) is 0 Å². The summed E-state index contributed by atoms with van der Waals surface area (Å²) in [5.74, 6) is 0.798. The van der Waals surface area contributed by atoms with Crippen LogP contribution in [0.2, 0.25) is 5.28 Å². The van der Waals surface area contributed by atoms with Crippen LogP contribution in [0.5, 0.6) is 5.75 Å². The maximum Gasteiger partial charge on any atom is 0.222 e. The predicted octanol–water partition coefficient (Wildman–Crippen LogP) is 3.11. The topological polar surface area (TPSA) is 35.0 Å². The van der Waals surface area contributed by atoms with Crippen molar-refractivity contribution >= 4 is 11.6 Å². The van der Waals surface area contributed by atoms with Gasteiger partial charge in [0.25, 0.3) is 0 Å². The summed E-state index contributed by atoms with van der Waals surface area (Å²) in [6.45, 7) is 1.95. The van der Waals surface area contributed by atoms with Crippen LogP contribution in [0.4, 0.5) is 0 Å². The highest BCUT2D eigenvalue weighted by Crippen LogP contribution is 2.25. The van der Waals surface area contributed by atoms with E-state index in [9.17, 15) is 0 Å². The van der Waals surface area contributed by atoms with Crippen LogP contribution in [0, 0.1) is 6.92 Å². The minimum Gasteiger partial charge on any atom is -0.497 e. The number of halogens is 1. The highest BCUT2D eigenvalue weighted by molar-refractivity contribution is 6.28. The summed E-state index contributed by atoms with van der Waals surface area (Å²) in [7, 11) is 1.64. The number of ether oxygens (including phenoxy) is 1. The molecule has 3 nitrogen and oxygen atoms in total. The van der Waals surface area contributed by atoms with Crippen molar-refractivity contribution in [2.24, 2.45) is 0 Å². The van der Waals surface area contributed by atoms with E-state index in [2.05, 4.69) is 9.97 Å². The van der Waals surface area contributed by atoms with Crippen molar-refractivity contribution in [3.8, 4) is 17.0 Å². The molecule has 0 aliphatic carbocycles. The summed E-state index contributed by atoms with van der Waals surface area (Å²) >= 11 is 5.79. The molecular weight excluding hydrogens is 224 g/mol. The second kappa shape index (κ2) is 4.49. The number of aryl methyl sites for hydroxylation is 1. The number of rotatable bonds is 2. The quantitative estimate of drug-likeness (QED) is 0.749. The fourth-order valence-corrected chi connectivity index (χ4v) is 1.62.